The van der Waals surface area contributed by atoms with E-state index in [1.54, 1.807) is 6.08 Å². The molecule has 0 spiro atoms. The summed E-state index contributed by atoms with van der Waals surface area (Å²) in [6.45, 7) is 3.72. The number of rotatable bonds is 24. The second-order valence-electron chi connectivity index (χ2n) is 9.30. The Kier molecular flexibility index (Phi) is 26.4. The van der Waals surface area contributed by atoms with Crippen molar-refractivity contribution in [1.82, 2.24) is 0 Å². The first-order valence-corrected chi connectivity index (χ1v) is 14.6. The van der Waals surface area contributed by atoms with Crippen LogP contribution in [0.3, 0.4) is 0 Å². The molecule has 6 nitrogen and oxygen atoms in total. The van der Waals surface area contributed by atoms with Gasteiger partial charge < -0.3 is 19.7 Å². The van der Waals surface area contributed by atoms with Gasteiger partial charge in [0.2, 0.25) is 0 Å². The van der Waals surface area contributed by atoms with E-state index in [1.807, 2.05) is 36.5 Å². The molecular formula is C33H52O6. The third-order valence-electron chi connectivity index (χ3n) is 5.61. The summed E-state index contributed by atoms with van der Waals surface area (Å²) in [5.41, 5.74) is 0. The lowest BCUT2D eigenvalue weighted by atomic mass is 10.1. The molecule has 0 aliphatic rings. The van der Waals surface area contributed by atoms with E-state index < -0.39 is 12.2 Å². The lowest BCUT2D eigenvalue weighted by Crippen LogP contribution is -2.28. The molecule has 1 unspecified atom stereocenters. The van der Waals surface area contributed by atoms with E-state index in [-0.39, 0.29) is 31.6 Å². The van der Waals surface area contributed by atoms with Crippen molar-refractivity contribution in [2.75, 3.05) is 13.2 Å². The number of hydrogen-bond acceptors (Lipinski definition) is 6. The third-order valence-corrected chi connectivity index (χ3v) is 5.61. The number of carbonyl (C=O) groups is 2. The number of allylic oxidation sites excluding steroid dienone is 10. The fourth-order valence-corrected chi connectivity index (χ4v) is 3.37. The van der Waals surface area contributed by atoms with Gasteiger partial charge in [-0.05, 0) is 44.9 Å². The van der Waals surface area contributed by atoms with E-state index in [1.165, 1.54) is 0 Å². The van der Waals surface area contributed by atoms with Crippen LogP contribution in [-0.4, -0.2) is 47.6 Å². The Balaban J connectivity index is 3.85. The van der Waals surface area contributed by atoms with Crippen LogP contribution in [0.15, 0.2) is 72.9 Å². The summed E-state index contributed by atoms with van der Waals surface area (Å²) in [5.74, 6) is -0.736. The van der Waals surface area contributed by atoms with Crippen molar-refractivity contribution in [2.24, 2.45) is 0 Å². The van der Waals surface area contributed by atoms with Crippen LogP contribution >= 0.6 is 0 Å². The monoisotopic (exact) mass is 544 g/mol. The Morgan fingerprint density at radius 1 is 0.744 bits per heavy atom. The first-order chi connectivity index (χ1) is 19.0. The lowest BCUT2D eigenvalue weighted by molar-refractivity contribution is -0.161. The summed E-state index contributed by atoms with van der Waals surface area (Å²) in [6, 6.07) is 0. The molecule has 0 saturated carbocycles. The SMILES string of the molecule is CC/C=C\CC(O)/C=C/C=C/C/C=C\C/C=C\C/C=C\CCC(=O)OC[C@H](CO)OC(=O)CCCCCCC. The highest BCUT2D eigenvalue weighted by molar-refractivity contribution is 5.70. The van der Waals surface area contributed by atoms with Crippen molar-refractivity contribution in [3.63, 3.8) is 0 Å². The normalized spacial score (nSPS) is 14.1. The van der Waals surface area contributed by atoms with Crippen LogP contribution in [-0.2, 0) is 19.1 Å². The fraction of sp³-hybridized carbons (Fsp3) is 0.576. The van der Waals surface area contributed by atoms with Crippen LogP contribution in [0.25, 0.3) is 0 Å². The molecule has 0 radical (unpaired) electrons. The molecule has 0 fully saturated rings. The maximum absolute atomic E-state index is 11.9. The van der Waals surface area contributed by atoms with Crippen molar-refractivity contribution >= 4 is 11.9 Å². The smallest absolute Gasteiger partial charge is 0.306 e. The van der Waals surface area contributed by atoms with Gasteiger partial charge in [-0.25, -0.2) is 0 Å². The molecular weight excluding hydrogens is 492 g/mol. The molecule has 0 saturated heterocycles. The van der Waals surface area contributed by atoms with Gasteiger partial charge in [-0.3, -0.25) is 9.59 Å². The summed E-state index contributed by atoms with van der Waals surface area (Å²) >= 11 is 0. The number of carbonyl (C=O) groups excluding carboxylic acids is 2. The fourth-order valence-electron chi connectivity index (χ4n) is 3.37. The third kappa shape index (κ3) is 26.7. The van der Waals surface area contributed by atoms with E-state index in [4.69, 9.17) is 9.47 Å². The number of aliphatic hydroxyl groups excluding tert-OH is 2. The average molecular weight is 545 g/mol. The maximum Gasteiger partial charge on any atom is 0.306 e. The number of hydrogen-bond donors (Lipinski definition) is 2. The standard InChI is InChI=1S/C33H52O6/c1-3-5-7-17-23-27-33(37)39-31(28-34)29-38-32(36)26-22-19-16-14-12-10-8-9-11-13-15-18-21-25-30(35)24-20-6-4-2/h6,9-12,15-16,18-21,25,30-31,34-35H,3-5,7-8,13-14,17,22-24,26-29H2,1-2H3/b11-9-,12-10-,18-15+,19-16-,20-6-,25-21+/t30?,31-/m0/s1. The van der Waals surface area contributed by atoms with E-state index >= 15 is 0 Å². The molecule has 39 heavy (non-hydrogen) atoms. The van der Waals surface area contributed by atoms with Gasteiger partial charge in [0, 0.05) is 12.8 Å². The summed E-state index contributed by atoms with van der Waals surface area (Å²) in [5, 5.41) is 19.1. The van der Waals surface area contributed by atoms with E-state index in [0.29, 0.717) is 19.3 Å². The summed E-state index contributed by atoms with van der Waals surface area (Å²) in [6.07, 6.45) is 33.3. The molecule has 0 aromatic carbocycles. The second-order valence-corrected chi connectivity index (χ2v) is 9.30. The number of ether oxygens (including phenoxy) is 2. The molecule has 0 bridgehead atoms. The molecule has 0 rings (SSSR count). The van der Waals surface area contributed by atoms with Crippen LogP contribution in [0.5, 0.6) is 0 Å². The molecule has 0 aromatic rings. The molecule has 220 valence electrons. The first kappa shape index (κ1) is 36.3. The number of esters is 2. The van der Waals surface area contributed by atoms with Gasteiger partial charge >= 0.3 is 11.9 Å². The predicted octanol–water partition coefficient (Wildman–Crippen LogP) is 7.24. The van der Waals surface area contributed by atoms with E-state index in [9.17, 15) is 19.8 Å². The Hall–Kier alpha value is -2.70. The summed E-state index contributed by atoms with van der Waals surface area (Å²) < 4.78 is 10.3. The quantitative estimate of drug-likeness (QED) is 0.0576. The maximum atomic E-state index is 11.9. The molecule has 0 amide bonds. The highest BCUT2D eigenvalue weighted by Crippen LogP contribution is 2.07. The molecule has 0 aromatic heterocycles. The minimum absolute atomic E-state index is 0.122. The molecule has 2 N–H and O–H groups in total. The minimum Gasteiger partial charge on any atom is -0.462 e. The lowest BCUT2D eigenvalue weighted by Gasteiger charge is -2.15. The highest BCUT2D eigenvalue weighted by atomic mass is 16.6. The average Bonchev–Trinajstić information content (AvgIpc) is 2.93. The van der Waals surface area contributed by atoms with Crippen molar-refractivity contribution in [3.8, 4) is 0 Å². The number of unbranched alkanes of at least 4 members (excludes halogenated alkanes) is 4. The van der Waals surface area contributed by atoms with Crippen LogP contribution in [0.2, 0.25) is 0 Å². The Morgan fingerprint density at radius 2 is 1.41 bits per heavy atom. The summed E-state index contributed by atoms with van der Waals surface area (Å²) in [7, 11) is 0. The zero-order chi connectivity index (χ0) is 28.8. The van der Waals surface area contributed by atoms with Crippen LogP contribution < -0.4 is 0 Å². The summed E-state index contributed by atoms with van der Waals surface area (Å²) in [4.78, 5) is 23.8. The Labute approximate surface area is 236 Å². The Bertz CT molecular complexity index is 775. The van der Waals surface area contributed by atoms with E-state index in [2.05, 4.69) is 44.2 Å². The number of aliphatic hydroxyl groups is 2. The molecule has 6 heteroatoms. The minimum atomic E-state index is -0.809. The van der Waals surface area contributed by atoms with Gasteiger partial charge in [-0.1, -0.05) is 112 Å². The zero-order valence-corrected chi connectivity index (χ0v) is 24.2. The van der Waals surface area contributed by atoms with Gasteiger partial charge in [0.1, 0.15) is 6.61 Å². The van der Waals surface area contributed by atoms with Gasteiger partial charge in [0.15, 0.2) is 6.10 Å². The van der Waals surface area contributed by atoms with Crippen LogP contribution in [0, 0.1) is 0 Å². The molecule has 0 aliphatic heterocycles. The van der Waals surface area contributed by atoms with Gasteiger partial charge in [0.05, 0.1) is 12.7 Å². The molecule has 0 heterocycles. The molecule has 0 aliphatic carbocycles. The first-order valence-electron chi connectivity index (χ1n) is 14.6. The van der Waals surface area contributed by atoms with E-state index in [0.717, 1.165) is 57.8 Å². The van der Waals surface area contributed by atoms with Crippen molar-refractivity contribution in [3.05, 3.63) is 72.9 Å². The highest BCUT2D eigenvalue weighted by Gasteiger charge is 2.15. The Morgan fingerprint density at radius 3 is 2.08 bits per heavy atom. The van der Waals surface area contributed by atoms with Gasteiger partial charge in [-0.15, -0.1) is 0 Å². The zero-order valence-electron chi connectivity index (χ0n) is 24.2. The van der Waals surface area contributed by atoms with Gasteiger partial charge in [0.25, 0.3) is 0 Å². The van der Waals surface area contributed by atoms with Crippen molar-refractivity contribution in [2.45, 2.75) is 110 Å². The van der Waals surface area contributed by atoms with Gasteiger partial charge in [-0.2, -0.15) is 0 Å². The topological polar surface area (TPSA) is 93.1 Å². The second kappa shape index (κ2) is 28.3. The van der Waals surface area contributed by atoms with Crippen LogP contribution in [0.1, 0.15) is 97.3 Å². The van der Waals surface area contributed by atoms with Crippen molar-refractivity contribution < 1.29 is 29.3 Å². The predicted molar refractivity (Wildman–Crippen MR) is 160 cm³/mol. The largest absolute Gasteiger partial charge is 0.462 e. The van der Waals surface area contributed by atoms with Crippen molar-refractivity contribution in [1.29, 1.82) is 0 Å². The molecule has 2 atom stereocenters. The van der Waals surface area contributed by atoms with Crippen LogP contribution in [0.4, 0.5) is 0 Å².